The summed E-state index contributed by atoms with van der Waals surface area (Å²) in [5, 5.41) is 7.08. The van der Waals surface area contributed by atoms with Gasteiger partial charge >= 0.3 is 17.8 Å². The fourth-order valence-corrected chi connectivity index (χ4v) is 1.62. The van der Waals surface area contributed by atoms with Gasteiger partial charge in [0.2, 0.25) is 0 Å². The smallest absolute Gasteiger partial charge is 0.434 e. The highest BCUT2D eigenvalue weighted by atomic mass is 16.7. The van der Waals surface area contributed by atoms with Gasteiger partial charge in [-0.1, -0.05) is 19.1 Å². The lowest BCUT2D eigenvalue weighted by Crippen LogP contribution is -2.33. The Balaban J connectivity index is 2.11. The molecule has 0 spiro atoms. The molecule has 2 N–H and O–H groups in total. The molecule has 0 aromatic carbocycles. The highest BCUT2D eigenvalue weighted by Gasteiger charge is 2.18. The van der Waals surface area contributed by atoms with E-state index >= 15 is 0 Å². The largest absolute Gasteiger partial charge is 0.516 e. The molecule has 0 aliphatic rings. The molecule has 0 unspecified atom stereocenters. The van der Waals surface area contributed by atoms with Crippen LogP contribution < -0.4 is 11.4 Å². The Morgan fingerprint density at radius 1 is 1.33 bits per heavy atom. The number of aromatic nitrogens is 5. The first kappa shape index (κ1) is 17.1. The molecule has 128 valence electrons. The molecule has 0 aliphatic carbocycles. The van der Waals surface area contributed by atoms with Crippen molar-refractivity contribution in [1.82, 2.24) is 24.4 Å². The van der Waals surface area contributed by atoms with E-state index in [4.69, 9.17) is 5.73 Å². The van der Waals surface area contributed by atoms with E-state index in [1.165, 1.54) is 0 Å². The maximum absolute atomic E-state index is 12.1. The number of carbonyl (C=O) groups is 3. The first-order valence-electron chi connectivity index (χ1n) is 6.77. The average molecular weight is 338 g/mol. The summed E-state index contributed by atoms with van der Waals surface area (Å²) in [6, 6.07) is 0. The summed E-state index contributed by atoms with van der Waals surface area (Å²) in [6.45, 7) is 3.03. The lowest BCUT2D eigenvalue weighted by Gasteiger charge is -2.07. The summed E-state index contributed by atoms with van der Waals surface area (Å²) in [4.78, 5) is 49.8. The van der Waals surface area contributed by atoms with Crippen molar-refractivity contribution in [2.45, 2.75) is 20.4 Å². The van der Waals surface area contributed by atoms with E-state index in [2.05, 4.69) is 24.8 Å². The van der Waals surface area contributed by atoms with Crippen LogP contribution in [0.2, 0.25) is 0 Å². The quantitative estimate of drug-likeness (QED) is 0.517. The Labute approximate surface area is 134 Å². The average Bonchev–Trinajstić information content (AvgIpc) is 2.93. The Hall–Kier alpha value is -3.31. The number of fused-ring (bicyclic) bond motifs is 1. The molecule has 12 nitrogen and oxygen atoms in total. The minimum atomic E-state index is -1.17. The van der Waals surface area contributed by atoms with E-state index < -0.39 is 30.3 Å². The second-order valence-corrected chi connectivity index (χ2v) is 5.11. The Bertz CT molecular complexity index is 853. The van der Waals surface area contributed by atoms with Crippen LogP contribution in [0.1, 0.15) is 24.3 Å². The molecule has 0 saturated heterocycles. The second kappa shape index (κ2) is 6.85. The highest BCUT2D eigenvalue weighted by Crippen LogP contribution is 2.01. The normalized spacial score (nSPS) is 10.8. The van der Waals surface area contributed by atoms with Gasteiger partial charge in [0.25, 0.3) is 5.91 Å². The van der Waals surface area contributed by atoms with Crippen LogP contribution >= 0.6 is 0 Å². The molecule has 12 heteroatoms. The number of carbonyl (C=O) groups excluding carboxylic acids is 3. The van der Waals surface area contributed by atoms with Crippen molar-refractivity contribution >= 4 is 23.7 Å². The number of nitrogens with two attached hydrogens (primary N) is 1. The zero-order valence-electron chi connectivity index (χ0n) is 12.8. The number of primary amides is 1. The summed E-state index contributed by atoms with van der Waals surface area (Å²) in [7, 11) is 0. The van der Waals surface area contributed by atoms with Gasteiger partial charge in [0.05, 0.1) is 6.61 Å². The predicted molar refractivity (Wildman–Crippen MR) is 75.8 cm³/mol. The zero-order valence-corrected chi connectivity index (χ0v) is 12.8. The topological polar surface area (TPSA) is 161 Å². The Morgan fingerprint density at radius 2 is 2.04 bits per heavy atom. The molecule has 2 heterocycles. The van der Waals surface area contributed by atoms with E-state index in [0.717, 1.165) is 10.7 Å². The van der Waals surface area contributed by atoms with Crippen LogP contribution in [-0.4, -0.2) is 49.0 Å². The molecule has 2 aromatic heterocycles. The van der Waals surface area contributed by atoms with Crippen molar-refractivity contribution in [1.29, 1.82) is 0 Å². The SMILES string of the molecule is CC(C)COC(=O)OC(=O)Cn1nnc2c(C(N)=O)ncn2c1=O. The van der Waals surface area contributed by atoms with Gasteiger partial charge in [-0.05, 0) is 5.92 Å². The number of hydrogen-bond acceptors (Lipinski definition) is 9. The molecule has 2 aromatic rings. The van der Waals surface area contributed by atoms with Crippen molar-refractivity contribution < 1.29 is 23.9 Å². The minimum absolute atomic E-state index is 0.0734. The number of rotatable bonds is 5. The summed E-state index contributed by atoms with van der Waals surface area (Å²) in [6.07, 6.45) is -0.153. The molecule has 0 bridgehead atoms. The maximum atomic E-state index is 12.1. The second-order valence-electron chi connectivity index (χ2n) is 5.11. The summed E-state index contributed by atoms with van der Waals surface area (Å²) < 4.78 is 10.6. The van der Waals surface area contributed by atoms with Gasteiger partial charge in [0, 0.05) is 0 Å². The van der Waals surface area contributed by atoms with Gasteiger partial charge < -0.3 is 15.2 Å². The maximum Gasteiger partial charge on any atom is 0.516 e. The third kappa shape index (κ3) is 3.71. The number of imidazole rings is 1. The van der Waals surface area contributed by atoms with Gasteiger partial charge in [-0.25, -0.2) is 23.8 Å². The first-order valence-corrected chi connectivity index (χ1v) is 6.77. The number of esters is 1. The molecular weight excluding hydrogens is 324 g/mol. The van der Waals surface area contributed by atoms with E-state index in [-0.39, 0.29) is 23.9 Å². The molecule has 24 heavy (non-hydrogen) atoms. The number of ether oxygens (including phenoxy) is 2. The Morgan fingerprint density at radius 3 is 2.67 bits per heavy atom. The van der Waals surface area contributed by atoms with Crippen molar-refractivity contribution in [2.75, 3.05) is 6.61 Å². The van der Waals surface area contributed by atoms with E-state index in [1.807, 2.05) is 13.8 Å². The number of nitrogens with zero attached hydrogens (tertiary/aromatic N) is 5. The minimum Gasteiger partial charge on any atom is -0.434 e. The lowest BCUT2D eigenvalue weighted by molar-refractivity contribution is -0.141. The molecule has 0 atom stereocenters. The predicted octanol–water partition coefficient (Wildman–Crippen LogP) is -1.28. The molecule has 0 fully saturated rings. The molecule has 0 radical (unpaired) electrons. The monoisotopic (exact) mass is 338 g/mol. The summed E-state index contributed by atoms with van der Waals surface area (Å²) in [5.74, 6) is -1.87. The van der Waals surface area contributed by atoms with Crippen LogP contribution in [-0.2, 0) is 20.8 Å². The van der Waals surface area contributed by atoms with Crippen LogP contribution in [0.15, 0.2) is 11.1 Å². The summed E-state index contributed by atoms with van der Waals surface area (Å²) in [5.41, 5.74) is 3.89. The third-order valence-corrected chi connectivity index (χ3v) is 2.66. The molecule has 2 rings (SSSR count). The van der Waals surface area contributed by atoms with Crippen LogP contribution in [0.5, 0.6) is 0 Å². The lowest BCUT2D eigenvalue weighted by atomic mass is 10.2. The van der Waals surface area contributed by atoms with E-state index in [0.29, 0.717) is 4.68 Å². The van der Waals surface area contributed by atoms with Gasteiger partial charge in [-0.15, -0.1) is 5.10 Å². The van der Waals surface area contributed by atoms with Crippen LogP contribution in [0.4, 0.5) is 4.79 Å². The highest BCUT2D eigenvalue weighted by molar-refractivity contribution is 5.96. The standard InChI is InChI=1S/C12H14N6O6/c1-6(2)4-23-12(22)24-7(19)3-18-11(21)17-5-14-8(9(13)20)10(17)15-16-18/h5-6H,3-4H2,1-2H3,(H2,13,20). The molecule has 0 saturated carbocycles. The van der Waals surface area contributed by atoms with Crippen LogP contribution in [0.3, 0.4) is 0 Å². The van der Waals surface area contributed by atoms with Crippen LogP contribution in [0.25, 0.3) is 5.65 Å². The van der Waals surface area contributed by atoms with Gasteiger partial charge in [0.1, 0.15) is 12.9 Å². The number of amides is 1. The molecule has 1 amide bonds. The van der Waals surface area contributed by atoms with E-state index in [9.17, 15) is 19.2 Å². The van der Waals surface area contributed by atoms with Crippen LogP contribution in [0, 0.1) is 5.92 Å². The van der Waals surface area contributed by atoms with Crippen molar-refractivity contribution in [3.05, 3.63) is 22.5 Å². The number of hydrogen-bond donors (Lipinski definition) is 1. The van der Waals surface area contributed by atoms with E-state index in [1.54, 1.807) is 0 Å². The van der Waals surface area contributed by atoms with Crippen molar-refractivity contribution in [3.63, 3.8) is 0 Å². The fourth-order valence-electron chi connectivity index (χ4n) is 1.62. The first-order chi connectivity index (χ1) is 11.3. The third-order valence-electron chi connectivity index (χ3n) is 2.66. The Kier molecular flexibility index (Phi) is 4.87. The van der Waals surface area contributed by atoms with Gasteiger partial charge in [0.15, 0.2) is 11.3 Å². The van der Waals surface area contributed by atoms with Crippen molar-refractivity contribution in [3.8, 4) is 0 Å². The zero-order chi connectivity index (χ0) is 17.9. The fraction of sp³-hybridized carbons (Fsp3) is 0.417. The molecule has 0 aliphatic heterocycles. The molecular formula is C12H14N6O6. The van der Waals surface area contributed by atoms with Gasteiger partial charge in [-0.2, -0.15) is 4.68 Å². The van der Waals surface area contributed by atoms with Crippen molar-refractivity contribution in [2.24, 2.45) is 11.7 Å². The van der Waals surface area contributed by atoms with Gasteiger partial charge in [-0.3, -0.25) is 4.79 Å². The summed E-state index contributed by atoms with van der Waals surface area (Å²) >= 11 is 0.